The van der Waals surface area contributed by atoms with Crippen LogP contribution in [0.1, 0.15) is 13.3 Å². The number of halogens is 3. The van der Waals surface area contributed by atoms with E-state index in [0.29, 0.717) is 19.0 Å². The molecule has 1 saturated heterocycles. The summed E-state index contributed by atoms with van der Waals surface area (Å²) in [5, 5.41) is 7.88. The van der Waals surface area contributed by atoms with Gasteiger partial charge in [-0.25, -0.2) is 26.6 Å². The molecule has 1 amide bonds. The summed E-state index contributed by atoms with van der Waals surface area (Å²) in [6.07, 6.45) is 0.430. The van der Waals surface area contributed by atoms with E-state index in [4.69, 9.17) is 0 Å². The molecule has 0 aliphatic carbocycles. The van der Waals surface area contributed by atoms with Crippen LogP contribution in [0.2, 0.25) is 0 Å². The van der Waals surface area contributed by atoms with Gasteiger partial charge in [-0.3, -0.25) is 4.79 Å². The summed E-state index contributed by atoms with van der Waals surface area (Å²) in [5.41, 5.74) is -0.496. The summed E-state index contributed by atoms with van der Waals surface area (Å²) in [5.74, 6) is -4.98. The predicted molar refractivity (Wildman–Crippen MR) is 91.1 cm³/mol. The third-order valence-electron chi connectivity index (χ3n) is 3.61. The topological polar surface area (TPSA) is 99.7 Å². The fourth-order valence-electron chi connectivity index (χ4n) is 2.39. The summed E-state index contributed by atoms with van der Waals surface area (Å²) in [4.78, 5) is 15.8. The van der Waals surface area contributed by atoms with Crippen molar-refractivity contribution in [1.82, 2.24) is 10.6 Å². The molecule has 144 valence electrons. The lowest BCUT2D eigenvalue weighted by Crippen LogP contribution is -2.44. The number of aliphatic imine (C=N–C) groups is 1. The van der Waals surface area contributed by atoms with E-state index in [2.05, 4.69) is 20.9 Å². The van der Waals surface area contributed by atoms with Crippen molar-refractivity contribution >= 4 is 27.4 Å². The van der Waals surface area contributed by atoms with Gasteiger partial charge >= 0.3 is 0 Å². The van der Waals surface area contributed by atoms with Gasteiger partial charge in [0.25, 0.3) is 0 Å². The lowest BCUT2D eigenvalue weighted by atomic mass is 10.2. The fourth-order valence-corrected chi connectivity index (χ4v) is 4.06. The Bertz CT molecular complexity index is 815. The van der Waals surface area contributed by atoms with Gasteiger partial charge in [0.15, 0.2) is 33.2 Å². The average Bonchev–Trinajstić information content (AvgIpc) is 2.92. The average molecular weight is 392 g/mol. The second-order valence-electron chi connectivity index (χ2n) is 5.71. The van der Waals surface area contributed by atoms with Gasteiger partial charge in [-0.15, -0.1) is 0 Å². The minimum Gasteiger partial charge on any atom is -0.357 e. The van der Waals surface area contributed by atoms with Crippen molar-refractivity contribution < 1.29 is 26.4 Å². The Morgan fingerprint density at radius 2 is 2.00 bits per heavy atom. The number of nitrogens with zero attached hydrogens (tertiary/aromatic N) is 1. The first-order valence-electron chi connectivity index (χ1n) is 7.90. The van der Waals surface area contributed by atoms with Crippen molar-refractivity contribution in [3.05, 3.63) is 29.6 Å². The van der Waals surface area contributed by atoms with Gasteiger partial charge in [0.2, 0.25) is 5.91 Å². The molecule has 0 radical (unpaired) electrons. The molecule has 1 aliphatic heterocycles. The van der Waals surface area contributed by atoms with Crippen LogP contribution in [0, 0.1) is 17.5 Å². The van der Waals surface area contributed by atoms with Crippen molar-refractivity contribution in [1.29, 1.82) is 0 Å². The van der Waals surface area contributed by atoms with Gasteiger partial charge in [-0.2, -0.15) is 0 Å². The number of guanidine groups is 1. The summed E-state index contributed by atoms with van der Waals surface area (Å²) in [6.45, 7) is 1.84. The highest BCUT2D eigenvalue weighted by Crippen LogP contribution is 2.19. The van der Waals surface area contributed by atoms with Gasteiger partial charge in [-0.1, -0.05) is 0 Å². The van der Waals surface area contributed by atoms with Gasteiger partial charge in [0, 0.05) is 12.6 Å². The van der Waals surface area contributed by atoms with Crippen molar-refractivity contribution in [2.75, 3.05) is 29.9 Å². The first-order chi connectivity index (χ1) is 12.2. The molecule has 1 aromatic carbocycles. The number of hydrogen-bond donors (Lipinski definition) is 3. The quantitative estimate of drug-likeness (QED) is 0.391. The Labute approximate surface area is 149 Å². The number of hydrogen-bond acceptors (Lipinski definition) is 4. The summed E-state index contributed by atoms with van der Waals surface area (Å²) >= 11 is 0. The maximum absolute atomic E-state index is 13.5. The van der Waals surface area contributed by atoms with Crippen LogP contribution in [-0.4, -0.2) is 50.9 Å². The molecule has 1 aliphatic rings. The zero-order valence-electron chi connectivity index (χ0n) is 14.0. The van der Waals surface area contributed by atoms with Crippen LogP contribution in [0.25, 0.3) is 0 Å². The molecule has 2 rings (SSSR count). The van der Waals surface area contributed by atoms with Crippen LogP contribution in [0.3, 0.4) is 0 Å². The molecule has 1 fully saturated rings. The van der Waals surface area contributed by atoms with E-state index in [1.54, 1.807) is 6.92 Å². The minimum absolute atomic E-state index is 0.0241. The van der Waals surface area contributed by atoms with Crippen LogP contribution in [0.5, 0.6) is 0 Å². The van der Waals surface area contributed by atoms with E-state index in [1.807, 2.05) is 0 Å². The summed E-state index contributed by atoms with van der Waals surface area (Å²) in [7, 11) is -3.07. The Hall–Kier alpha value is -2.30. The molecular formula is C15H19F3N4O3S. The second kappa shape index (κ2) is 8.39. The molecule has 0 saturated carbocycles. The van der Waals surface area contributed by atoms with Crippen molar-refractivity contribution in [2.45, 2.75) is 19.4 Å². The van der Waals surface area contributed by atoms with E-state index in [0.717, 1.165) is 6.07 Å². The van der Waals surface area contributed by atoms with Crippen LogP contribution in [-0.2, 0) is 14.6 Å². The number of anilines is 1. The summed E-state index contributed by atoms with van der Waals surface area (Å²) < 4.78 is 62.5. The molecule has 0 spiro atoms. The third kappa shape index (κ3) is 5.35. The van der Waals surface area contributed by atoms with Crippen molar-refractivity contribution in [2.24, 2.45) is 4.99 Å². The van der Waals surface area contributed by atoms with E-state index in [9.17, 15) is 26.4 Å². The molecule has 1 heterocycles. The molecule has 1 unspecified atom stereocenters. The van der Waals surface area contributed by atoms with Crippen LogP contribution in [0.15, 0.2) is 17.1 Å². The highest BCUT2D eigenvalue weighted by Gasteiger charge is 2.28. The summed E-state index contributed by atoms with van der Waals surface area (Å²) in [6, 6.07) is 1.29. The molecule has 7 nitrogen and oxygen atoms in total. The number of amides is 1. The SMILES string of the molecule is CCNC(=NCC(=O)Nc1ccc(F)c(F)c1F)NC1CCS(=O)(=O)C1. The Kier molecular flexibility index (Phi) is 6.46. The van der Waals surface area contributed by atoms with Gasteiger partial charge < -0.3 is 16.0 Å². The smallest absolute Gasteiger partial charge is 0.246 e. The molecule has 3 N–H and O–H groups in total. The normalized spacial score (nSPS) is 19.2. The molecule has 1 atom stereocenters. The molecule has 1 aromatic rings. The second-order valence-corrected chi connectivity index (χ2v) is 7.94. The Morgan fingerprint density at radius 3 is 2.62 bits per heavy atom. The van der Waals surface area contributed by atoms with Gasteiger partial charge in [0.1, 0.15) is 6.54 Å². The Morgan fingerprint density at radius 1 is 1.27 bits per heavy atom. The maximum Gasteiger partial charge on any atom is 0.246 e. The first kappa shape index (κ1) is 20.0. The monoisotopic (exact) mass is 392 g/mol. The number of carbonyl (C=O) groups excluding carboxylic acids is 1. The molecule has 0 bridgehead atoms. The number of rotatable bonds is 5. The standard InChI is InChI=1S/C15H19F3N4O3S/c1-2-19-15(21-9-5-6-26(24,25)8-9)20-7-12(23)22-11-4-3-10(16)13(17)14(11)18/h3-4,9H,2,5-8H2,1H3,(H,22,23)(H2,19,20,21). The van der Waals surface area contributed by atoms with Crippen molar-refractivity contribution in [3.63, 3.8) is 0 Å². The maximum atomic E-state index is 13.5. The predicted octanol–water partition coefficient (Wildman–Crippen LogP) is 0.785. The molecular weight excluding hydrogens is 373 g/mol. The Balaban J connectivity index is 1.98. The first-order valence-corrected chi connectivity index (χ1v) is 9.72. The minimum atomic E-state index is -3.07. The van der Waals surface area contributed by atoms with E-state index in [-0.39, 0.29) is 23.5 Å². The van der Waals surface area contributed by atoms with Crippen LogP contribution >= 0.6 is 0 Å². The third-order valence-corrected chi connectivity index (χ3v) is 5.38. The van der Waals surface area contributed by atoms with E-state index < -0.39 is 45.4 Å². The van der Waals surface area contributed by atoms with Crippen LogP contribution in [0.4, 0.5) is 18.9 Å². The number of carbonyl (C=O) groups is 1. The molecule has 11 heteroatoms. The molecule has 0 aromatic heterocycles. The molecule has 26 heavy (non-hydrogen) atoms. The van der Waals surface area contributed by atoms with E-state index >= 15 is 0 Å². The lowest BCUT2D eigenvalue weighted by Gasteiger charge is -2.15. The number of benzene rings is 1. The zero-order valence-corrected chi connectivity index (χ0v) is 14.8. The highest BCUT2D eigenvalue weighted by atomic mass is 32.2. The van der Waals surface area contributed by atoms with E-state index in [1.165, 1.54) is 0 Å². The zero-order chi connectivity index (χ0) is 19.3. The van der Waals surface area contributed by atoms with Gasteiger partial charge in [-0.05, 0) is 25.5 Å². The number of nitrogens with one attached hydrogen (secondary N) is 3. The largest absolute Gasteiger partial charge is 0.357 e. The fraction of sp³-hybridized carbons (Fsp3) is 0.467. The van der Waals surface area contributed by atoms with Crippen molar-refractivity contribution in [3.8, 4) is 0 Å². The van der Waals surface area contributed by atoms with Gasteiger partial charge in [0.05, 0.1) is 17.2 Å². The number of sulfone groups is 1. The van der Waals surface area contributed by atoms with Crippen LogP contribution < -0.4 is 16.0 Å². The lowest BCUT2D eigenvalue weighted by molar-refractivity contribution is -0.114. The highest BCUT2D eigenvalue weighted by molar-refractivity contribution is 7.91.